The fourth-order valence-electron chi connectivity index (χ4n) is 3.49. The van der Waals surface area contributed by atoms with Crippen LogP contribution < -0.4 is 0 Å². The molecule has 1 aliphatic carbocycles. The highest BCUT2D eigenvalue weighted by atomic mass is 15.1. The van der Waals surface area contributed by atoms with Gasteiger partial charge >= 0.3 is 0 Å². The maximum Gasteiger partial charge on any atom is 0.0956 e. The zero-order valence-electron chi connectivity index (χ0n) is 14.2. The maximum atomic E-state index is 4.76. The highest BCUT2D eigenvalue weighted by molar-refractivity contribution is 5.63. The molecule has 0 amide bonds. The summed E-state index contributed by atoms with van der Waals surface area (Å²) in [5.74, 6) is 0.702. The largest absolute Gasteiger partial charge is 0.333 e. The molecular weight excluding hydrogens is 270 g/mol. The third kappa shape index (κ3) is 3.41. The van der Waals surface area contributed by atoms with Crippen LogP contribution in [0.1, 0.15) is 38.3 Å². The molecule has 3 rings (SSSR count). The molecule has 1 aliphatic rings. The molecule has 3 heteroatoms. The zero-order valence-corrected chi connectivity index (χ0v) is 14.2. The van der Waals surface area contributed by atoms with Gasteiger partial charge in [-0.2, -0.15) is 0 Å². The Morgan fingerprint density at radius 3 is 2.45 bits per heavy atom. The Balaban J connectivity index is 1.91. The van der Waals surface area contributed by atoms with Gasteiger partial charge in [-0.05, 0) is 32.4 Å². The monoisotopic (exact) mass is 297 g/mol. The van der Waals surface area contributed by atoms with Gasteiger partial charge in [0.05, 0.1) is 12.0 Å². The maximum absolute atomic E-state index is 4.76. The summed E-state index contributed by atoms with van der Waals surface area (Å²) in [6.45, 7) is 6.78. The molecule has 0 N–H and O–H groups in total. The Morgan fingerprint density at radius 1 is 1.18 bits per heavy atom. The number of aromatic nitrogens is 2. The molecule has 0 spiro atoms. The van der Waals surface area contributed by atoms with Crippen LogP contribution in [0.5, 0.6) is 0 Å². The van der Waals surface area contributed by atoms with Gasteiger partial charge in [-0.1, -0.05) is 44.2 Å². The predicted molar refractivity (Wildman–Crippen MR) is 92.0 cm³/mol. The fraction of sp³-hybridized carbons (Fsp3) is 0.526. The van der Waals surface area contributed by atoms with E-state index in [1.807, 2.05) is 6.33 Å². The molecule has 1 aromatic heterocycles. The van der Waals surface area contributed by atoms with E-state index in [0.717, 1.165) is 13.1 Å². The SMILES string of the molecule is CN(C)CC(C)(C)Cn1cnc(-c2ccccc2)c1C1CC1. The zero-order chi connectivity index (χ0) is 15.7. The highest BCUT2D eigenvalue weighted by Crippen LogP contribution is 2.44. The first-order valence-electron chi connectivity index (χ1n) is 8.21. The van der Waals surface area contributed by atoms with Crippen molar-refractivity contribution in [1.82, 2.24) is 14.5 Å². The summed E-state index contributed by atoms with van der Waals surface area (Å²) in [4.78, 5) is 7.03. The molecule has 22 heavy (non-hydrogen) atoms. The Bertz CT molecular complexity index is 621. The molecule has 3 nitrogen and oxygen atoms in total. The van der Waals surface area contributed by atoms with Crippen LogP contribution >= 0.6 is 0 Å². The summed E-state index contributed by atoms with van der Waals surface area (Å²) in [6.07, 6.45) is 4.66. The minimum Gasteiger partial charge on any atom is -0.333 e. The van der Waals surface area contributed by atoms with E-state index >= 15 is 0 Å². The van der Waals surface area contributed by atoms with E-state index in [1.54, 1.807) is 0 Å². The molecule has 0 aliphatic heterocycles. The lowest BCUT2D eigenvalue weighted by atomic mass is 9.92. The predicted octanol–water partition coefficient (Wildman–Crippen LogP) is 4.02. The van der Waals surface area contributed by atoms with Crippen LogP contribution in [0.15, 0.2) is 36.7 Å². The van der Waals surface area contributed by atoms with E-state index in [1.165, 1.54) is 29.8 Å². The van der Waals surface area contributed by atoms with Gasteiger partial charge in [0.15, 0.2) is 0 Å². The van der Waals surface area contributed by atoms with E-state index in [2.05, 4.69) is 67.7 Å². The number of nitrogens with zero attached hydrogens (tertiary/aromatic N) is 3. The van der Waals surface area contributed by atoms with Crippen molar-refractivity contribution >= 4 is 0 Å². The van der Waals surface area contributed by atoms with Crippen LogP contribution in [0.25, 0.3) is 11.3 Å². The first-order valence-corrected chi connectivity index (χ1v) is 8.21. The van der Waals surface area contributed by atoms with Crippen LogP contribution in [0.3, 0.4) is 0 Å². The van der Waals surface area contributed by atoms with Crippen molar-refractivity contribution in [3.05, 3.63) is 42.4 Å². The summed E-state index contributed by atoms with van der Waals surface area (Å²) >= 11 is 0. The second-order valence-electron chi connectivity index (χ2n) is 7.65. The van der Waals surface area contributed by atoms with Crippen LogP contribution in [-0.2, 0) is 6.54 Å². The molecule has 0 radical (unpaired) electrons. The van der Waals surface area contributed by atoms with E-state index < -0.39 is 0 Å². The van der Waals surface area contributed by atoms with Crippen molar-refractivity contribution in [2.24, 2.45) is 5.41 Å². The Labute approximate surface area is 134 Å². The minimum atomic E-state index is 0.238. The number of hydrogen-bond donors (Lipinski definition) is 0. The average Bonchev–Trinajstić information content (AvgIpc) is 3.20. The molecule has 0 bridgehead atoms. The second-order valence-corrected chi connectivity index (χ2v) is 7.65. The smallest absolute Gasteiger partial charge is 0.0956 e. The lowest BCUT2D eigenvalue weighted by Crippen LogP contribution is -2.32. The summed E-state index contributed by atoms with van der Waals surface area (Å²) in [5, 5.41) is 0. The van der Waals surface area contributed by atoms with Gasteiger partial charge < -0.3 is 9.47 Å². The first-order chi connectivity index (χ1) is 10.5. The topological polar surface area (TPSA) is 21.1 Å². The Hall–Kier alpha value is -1.61. The van der Waals surface area contributed by atoms with Crippen LogP contribution in [0.4, 0.5) is 0 Å². The van der Waals surface area contributed by atoms with Crippen LogP contribution in [0, 0.1) is 5.41 Å². The van der Waals surface area contributed by atoms with E-state index in [0.29, 0.717) is 5.92 Å². The first kappa shape index (κ1) is 15.3. The normalized spacial score (nSPS) is 15.5. The summed E-state index contributed by atoms with van der Waals surface area (Å²) in [7, 11) is 4.29. The number of benzene rings is 1. The second kappa shape index (κ2) is 5.88. The fourth-order valence-corrected chi connectivity index (χ4v) is 3.49. The molecule has 0 saturated heterocycles. The lowest BCUT2D eigenvalue weighted by Gasteiger charge is -2.29. The van der Waals surface area contributed by atoms with Crippen molar-refractivity contribution in [1.29, 1.82) is 0 Å². The summed E-state index contributed by atoms with van der Waals surface area (Å²) < 4.78 is 2.41. The van der Waals surface area contributed by atoms with Crippen LogP contribution in [-0.4, -0.2) is 35.1 Å². The van der Waals surface area contributed by atoms with Crippen molar-refractivity contribution in [3.63, 3.8) is 0 Å². The number of rotatable bonds is 6. The van der Waals surface area contributed by atoms with E-state index in [4.69, 9.17) is 4.98 Å². The molecule has 1 fully saturated rings. The van der Waals surface area contributed by atoms with Gasteiger partial charge in [0.25, 0.3) is 0 Å². The summed E-state index contributed by atoms with van der Waals surface area (Å²) in [5.41, 5.74) is 4.11. The molecule has 1 heterocycles. The molecule has 1 saturated carbocycles. The summed E-state index contributed by atoms with van der Waals surface area (Å²) in [6, 6.07) is 10.6. The third-order valence-electron chi connectivity index (χ3n) is 4.23. The third-order valence-corrected chi connectivity index (χ3v) is 4.23. The van der Waals surface area contributed by atoms with Crippen molar-refractivity contribution in [3.8, 4) is 11.3 Å². The van der Waals surface area contributed by atoms with Gasteiger partial charge in [0.2, 0.25) is 0 Å². The van der Waals surface area contributed by atoms with Crippen molar-refractivity contribution < 1.29 is 0 Å². The minimum absolute atomic E-state index is 0.238. The van der Waals surface area contributed by atoms with E-state index in [9.17, 15) is 0 Å². The van der Waals surface area contributed by atoms with Gasteiger partial charge in [-0.15, -0.1) is 0 Å². The van der Waals surface area contributed by atoms with Gasteiger partial charge in [-0.25, -0.2) is 4.98 Å². The molecule has 0 atom stereocenters. The van der Waals surface area contributed by atoms with Gasteiger partial charge in [-0.3, -0.25) is 0 Å². The van der Waals surface area contributed by atoms with Crippen molar-refractivity contribution in [2.45, 2.75) is 39.2 Å². The van der Waals surface area contributed by atoms with E-state index in [-0.39, 0.29) is 5.41 Å². The molecule has 0 unspecified atom stereocenters. The lowest BCUT2D eigenvalue weighted by molar-refractivity contribution is 0.209. The Kier molecular flexibility index (Phi) is 4.09. The standard InChI is InChI=1S/C19H27N3/c1-19(2,12-21(3)4)13-22-14-20-17(18(22)16-10-11-16)15-8-6-5-7-9-15/h5-9,14,16H,10-13H2,1-4H3. The number of imidazole rings is 1. The number of hydrogen-bond acceptors (Lipinski definition) is 2. The molecule has 118 valence electrons. The Morgan fingerprint density at radius 2 is 1.86 bits per heavy atom. The van der Waals surface area contributed by atoms with Crippen molar-refractivity contribution in [2.75, 3.05) is 20.6 Å². The highest BCUT2D eigenvalue weighted by Gasteiger charge is 2.32. The van der Waals surface area contributed by atoms with Gasteiger partial charge in [0, 0.05) is 30.3 Å². The average molecular weight is 297 g/mol. The molecule has 2 aromatic rings. The molecule has 1 aromatic carbocycles. The van der Waals surface area contributed by atoms with Gasteiger partial charge in [0.1, 0.15) is 0 Å². The van der Waals surface area contributed by atoms with Crippen LogP contribution in [0.2, 0.25) is 0 Å². The molecular formula is C19H27N3. The quantitative estimate of drug-likeness (QED) is 0.803.